The topological polar surface area (TPSA) is 23.5 Å². The van der Waals surface area contributed by atoms with E-state index in [0.29, 0.717) is 12.6 Å². The van der Waals surface area contributed by atoms with Gasteiger partial charge in [0.25, 0.3) is 0 Å². The summed E-state index contributed by atoms with van der Waals surface area (Å²) in [5, 5.41) is 9.30. The van der Waals surface area contributed by atoms with E-state index in [-0.39, 0.29) is 0 Å². The molecule has 0 spiro atoms. The molecular formula is C14H21NO. The predicted molar refractivity (Wildman–Crippen MR) is 66.4 cm³/mol. The number of nitrogens with zero attached hydrogens (tertiary/aromatic N) is 1. The molecule has 1 unspecified atom stereocenters. The van der Waals surface area contributed by atoms with Gasteiger partial charge < -0.3 is 5.11 Å². The maximum Gasteiger partial charge on any atom is 0.0587 e. The molecule has 2 rings (SSSR count). The number of rotatable bonds is 3. The Morgan fingerprint density at radius 3 is 2.94 bits per heavy atom. The highest BCUT2D eigenvalue weighted by Crippen LogP contribution is 2.22. The fourth-order valence-corrected chi connectivity index (χ4v) is 2.51. The van der Waals surface area contributed by atoms with E-state index in [1.165, 1.54) is 23.1 Å². The number of benzene rings is 1. The summed E-state index contributed by atoms with van der Waals surface area (Å²) in [4.78, 5) is 2.40. The molecule has 2 nitrogen and oxygen atoms in total. The highest BCUT2D eigenvalue weighted by atomic mass is 16.3. The minimum atomic E-state index is 0.296. The Morgan fingerprint density at radius 2 is 2.19 bits per heavy atom. The second-order valence-electron chi connectivity index (χ2n) is 4.81. The molecule has 1 aromatic carbocycles. The third-order valence-corrected chi connectivity index (χ3v) is 3.80. The van der Waals surface area contributed by atoms with Crippen molar-refractivity contribution >= 4 is 0 Å². The van der Waals surface area contributed by atoms with E-state index < -0.39 is 0 Å². The molecule has 0 aromatic heterocycles. The summed E-state index contributed by atoms with van der Waals surface area (Å²) in [5.41, 5.74) is 4.16. The SMILES string of the molecule is Cc1cccc(CN2CCCC2CO)c1C. The van der Waals surface area contributed by atoms with Crippen molar-refractivity contribution < 1.29 is 5.11 Å². The summed E-state index contributed by atoms with van der Waals surface area (Å²) < 4.78 is 0. The Bertz CT molecular complexity index is 362. The van der Waals surface area contributed by atoms with E-state index in [1.54, 1.807) is 0 Å². The van der Waals surface area contributed by atoms with Crippen LogP contribution in [0.4, 0.5) is 0 Å². The van der Waals surface area contributed by atoms with Crippen molar-refractivity contribution in [2.75, 3.05) is 13.2 Å². The van der Waals surface area contributed by atoms with E-state index in [0.717, 1.165) is 19.5 Å². The standard InChI is InChI=1S/C14H21NO/c1-11-5-3-6-13(12(11)2)9-15-8-4-7-14(15)10-16/h3,5-6,14,16H,4,7-10H2,1-2H3. The molecule has 0 amide bonds. The Morgan fingerprint density at radius 1 is 1.38 bits per heavy atom. The normalized spacial score (nSPS) is 21.6. The van der Waals surface area contributed by atoms with Crippen molar-refractivity contribution in [1.29, 1.82) is 0 Å². The van der Waals surface area contributed by atoms with Gasteiger partial charge in [-0.2, -0.15) is 0 Å². The van der Waals surface area contributed by atoms with Crippen LogP contribution in [-0.4, -0.2) is 29.2 Å². The Labute approximate surface area is 97.9 Å². The van der Waals surface area contributed by atoms with Gasteiger partial charge in [-0.05, 0) is 49.9 Å². The van der Waals surface area contributed by atoms with E-state index in [2.05, 4.69) is 36.9 Å². The largest absolute Gasteiger partial charge is 0.395 e. The van der Waals surface area contributed by atoms with Gasteiger partial charge in [-0.25, -0.2) is 0 Å². The van der Waals surface area contributed by atoms with Crippen LogP contribution in [0.25, 0.3) is 0 Å². The minimum absolute atomic E-state index is 0.296. The highest BCUT2D eigenvalue weighted by molar-refractivity contribution is 5.33. The van der Waals surface area contributed by atoms with Crippen LogP contribution >= 0.6 is 0 Å². The van der Waals surface area contributed by atoms with Crippen molar-refractivity contribution in [3.63, 3.8) is 0 Å². The minimum Gasteiger partial charge on any atom is -0.395 e. The van der Waals surface area contributed by atoms with Gasteiger partial charge in [-0.3, -0.25) is 4.90 Å². The van der Waals surface area contributed by atoms with Crippen LogP contribution in [0.15, 0.2) is 18.2 Å². The smallest absolute Gasteiger partial charge is 0.0587 e. The molecule has 1 aliphatic rings. The number of likely N-dealkylation sites (tertiary alicyclic amines) is 1. The molecule has 1 fully saturated rings. The number of hydrogen-bond donors (Lipinski definition) is 1. The maximum atomic E-state index is 9.30. The lowest BCUT2D eigenvalue weighted by molar-refractivity contribution is 0.153. The second-order valence-corrected chi connectivity index (χ2v) is 4.81. The first-order valence-corrected chi connectivity index (χ1v) is 6.12. The van der Waals surface area contributed by atoms with Gasteiger partial charge in [0.15, 0.2) is 0 Å². The molecule has 0 radical (unpaired) electrons. The fourth-order valence-electron chi connectivity index (χ4n) is 2.51. The Kier molecular flexibility index (Phi) is 3.62. The summed E-state index contributed by atoms with van der Waals surface area (Å²) in [7, 11) is 0. The quantitative estimate of drug-likeness (QED) is 0.843. The lowest BCUT2D eigenvalue weighted by atomic mass is 10.0. The summed E-state index contributed by atoms with van der Waals surface area (Å²) >= 11 is 0. The molecule has 1 aliphatic heterocycles. The average molecular weight is 219 g/mol. The summed E-state index contributed by atoms with van der Waals surface area (Å²) in [5.74, 6) is 0. The predicted octanol–water partition coefficient (Wildman–Crippen LogP) is 2.26. The highest BCUT2D eigenvalue weighted by Gasteiger charge is 2.23. The first-order valence-electron chi connectivity index (χ1n) is 6.12. The molecule has 1 aromatic rings. The molecule has 16 heavy (non-hydrogen) atoms. The first-order chi connectivity index (χ1) is 7.72. The monoisotopic (exact) mass is 219 g/mol. The second kappa shape index (κ2) is 4.98. The number of aryl methyl sites for hydroxylation is 1. The van der Waals surface area contributed by atoms with Crippen molar-refractivity contribution in [3.8, 4) is 0 Å². The molecule has 1 saturated heterocycles. The maximum absolute atomic E-state index is 9.30. The molecular weight excluding hydrogens is 198 g/mol. The molecule has 1 N–H and O–H groups in total. The number of aliphatic hydroxyl groups is 1. The number of aliphatic hydroxyl groups excluding tert-OH is 1. The first kappa shape index (κ1) is 11.6. The van der Waals surface area contributed by atoms with Crippen LogP contribution in [0.3, 0.4) is 0 Å². The summed E-state index contributed by atoms with van der Waals surface area (Å²) in [6.45, 7) is 6.75. The van der Waals surface area contributed by atoms with E-state index in [1.807, 2.05) is 0 Å². The number of hydrogen-bond acceptors (Lipinski definition) is 2. The van der Waals surface area contributed by atoms with Crippen molar-refractivity contribution in [2.24, 2.45) is 0 Å². The van der Waals surface area contributed by atoms with Crippen LogP contribution in [0, 0.1) is 13.8 Å². The van der Waals surface area contributed by atoms with Gasteiger partial charge in [-0.1, -0.05) is 18.2 Å². The molecule has 88 valence electrons. The third-order valence-electron chi connectivity index (χ3n) is 3.80. The Balaban J connectivity index is 2.11. The molecule has 1 atom stereocenters. The van der Waals surface area contributed by atoms with E-state index >= 15 is 0 Å². The van der Waals surface area contributed by atoms with Crippen molar-refractivity contribution in [1.82, 2.24) is 4.90 Å². The van der Waals surface area contributed by atoms with Crippen molar-refractivity contribution in [2.45, 2.75) is 39.3 Å². The van der Waals surface area contributed by atoms with Crippen LogP contribution < -0.4 is 0 Å². The van der Waals surface area contributed by atoms with Crippen LogP contribution in [0.5, 0.6) is 0 Å². The van der Waals surface area contributed by atoms with Crippen molar-refractivity contribution in [3.05, 3.63) is 34.9 Å². The zero-order chi connectivity index (χ0) is 11.5. The van der Waals surface area contributed by atoms with Crippen LogP contribution in [0.1, 0.15) is 29.5 Å². The Hall–Kier alpha value is -0.860. The fraction of sp³-hybridized carbons (Fsp3) is 0.571. The molecule has 1 heterocycles. The van der Waals surface area contributed by atoms with Crippen LogP contribution in [-0.2, 0) is 6.54 Å². The van der Waals surface area contributed by atoms with Gasteiger partial charge in [0.05, 0.1) is 6.61 Å². The molecule has 0 saturated carbocycles. The van der Waals surface area contributed by atoms with Crippen LogP contribution in [0.2, 0.25) is 0 Å². The lowest BCUT2D eigenvalue weighted by Crippen LogP contribution is -2.31. The molecule has 0 bridgehead atoms. The van der Waals surface area contributed by atoms with Gasteiger partial charge >= 0.3 is 0 Å². The average Bonchev–Trinajstić information content (AvgIpc) is 2.72. The van der Waals surface area contributed by atoms with Gasteiger partial charge in [0.2, 0.25) is 0 Å². The third kappa shape index (κ3) is 2.28. The van der Waals surface area contributed by atoms with Gasteiger partial charge in [0.1, 0.15) is 0 Å². The lowest BCUT2D eigenvalue weighted by Gasteiger charge is -2.23. The zero-order valence-corrected chi connectivity index (χ0v) is 10.2. The van der Waals surface area contributed by atoms with E-state index in [4.69, 9.17) is 0 Å². The molecule has 0 aliphatic carbocycles. The molecule has 2 heteroatoms. The van der Waals surface area contributed by atoms with E-state index in [9.17, 15) is 5.11 Å². The summed E-state index contributed by atoms with van der Waals surface area (Å²) in [6.07, 6.45) is 2.36. The summed E-state index contributed by atoms with van der Waals surface area (Å²) in [6, 6.07) is 6.86. The van der Waals surface area contributed by atoms with Gasteiger partial charge in [0, 0.05) is 12.6 Å². The van der Waals surface area contributed by atoms with Gasteiger partial charge in [-0.15, -0.1) is 0 Å². The zero-order valence-electron chi connectivity index (χ0n) is 10.2.